The molecule has 1 atom stereocenters. The molecule has 1 aliphatic rings. The minimum Gasteiger partial charge on any atom is -0.122 e. The predicted octanol–water partition coefficient (Wildman–Crippen LogP) is 7.30. The molecule has 4 aromatic rings. The lowest BCUT2D eigenvalue weighted by Crippen LogP contribution is -2.26. The van der Waals surface area contributed by atoms with E-state index in [1.807, 2.05) is 0 Å². The number of alkyl halides is 1. The highest BCUT2D eigenvalue weighted by atomic mass is 35.5. The van der Waals surface area contributed by atoms with Gasteiger partial charge in [-0.3, -0.25) is 0 Å². The van der Waals surface area contributed by atoms with E-state index in [0.717, 1.165) is 6.42 Å². The fraction of sp³-hybridized carbons (Fsp3) is 0.143. The lowest BCUT2D eigenvalue weighted by molar-refractivity contribution is 0.577. The van der Waals surface area contributed by atoms with Crippen molar-refractivity contribution >= 4 is 11.6 Å². The summed E-state index contributed by atoms with van der Waals surface area (Å²) in [6.45, 7) is 0. The third-order valence-corrected chi connectivity index (χ3v) is 6.68. The summed E-state index contributed by atoms with van der Waals surface area (Å²) in [5.41, 5.74) is 7.95. The monoisotopic (exact) mass is 394 g/mol. The first kappa shape index (κ1) is 18.2. The van der Waals surface area contributed by atoms with Crippen molar-refractivity contribution in [1.82, 2.24) is 0 Å². The molecular weight excluding hydrogens is 372 g/mol. The van der Waals surface area contributed by atoms with Gasteiger partial charge in [-0.05, 0) is 39.8 Å². The van der Waals surface area contributed by atoms with Crippen LogP contribution in [-0.2, 0) is 11.3 Å². The van der Waals surface area contributed by atoms with Crippen LogP contribution in [0.4, 0.5) is 0 Å². The van der Waals surface area contributed by atoms with E-state index in [1.54, 1.807) is 0 Å². The van der Waals surface area contributed by atoms with Gasteiger partial charge in [0.25, 0.3) is 0 Å². The first-order valence-corrected chi connectivity index (χ1v) is 10.7. The SMILES string of the molecule is ClCc1ccc(C2CC(c3ccccc3)(c3ccccc3)c3ccccc32)cc1. The van der Waals surface area contributed by atoms with Gasteiger partial charge in [-0.1, -0.05) is 109 Å². The average molecular weight is 395 g/mol. The van der Waals surface area contributed by atoms with Crippen molar-refractivity contribution in [3.8, 4) is 0 Å². The molecule has 142 valence electrons. The quantitative estimate of drug-likeness (QED) is 0.318. The normalized spacial score (nSPS) is 17.1. The van der Waals surface area contributed by atoms with Gasteiger partial charge in [0.05, 0.1) is 0 Å². The van der Waals surface area contributed by atoms with Crippen LogP contribution in [0.15, 0.2) is 109 Å². The molecule has 0 spiro atoms. The molecule has 0 amide bonds. The number of hydrogen-bond donors (Lipinski definition) is 0. The van der Waals surface area contributed by atoms with E-state index in [2.05, 4.69) is 109 Å². The lowest BCUT2D eigenvalue weighted by Gasteiger charge is -2.32. The molecule has 0 heterocycles. The van der Waals surface area contributed by atoms with Crippen molar-refractivity contribution in [2.45, 2.75) is 23.6 Å². The third kappa shape index (κ3) is 2.99. The van der Waals surface area contributed by atoms with E-state index in [4.69, 9.17) is 11.6 Å². The van der Waals surface area contributed by atoms with E-state index in [-0.39, 0.29) is 5.41 Å². The summed E-state index contributed by atoms with van der Waals surface area (Å²) in [6, 6.07) is 39.8. The maximum atomic E-state index is 6.03. The first-order chi connectivity index (χ1) is 14.3. The lowest BCUT2D eigenvalue weighted by atomic mass is 9.69. The van der Waals surface area contributed by atoms with Gasteiger partial charge in [-0.15, -0.1) is 11.6 Å². The average Bonchev–Trinajstić information content (AvgIpc) is 3.17. The minimum absolute atomic E-state index is 0.144. The van der Waals surface area contributed by atoms with Crippen LogP contribution >= 0.6 is 11.6 Å². The van der Waals surface area contributed by atoms with Gasteiger partial charge >= 0.3 is 0 Å². The van der Waals surface area contributed by atoms with Gasteiger partial charge in [0.15, 0.2) is 0 Å². The Hall–Kier alpha value is -2.83. The number of rotatable bonds is 4. The summed E-state index contributed by atoms with van der Waals surface area (Å²) in [6.07, 6.45) is 1.03. The summed E-state index contributed by atoms with van der Waals surface area (Å²) in [7, 11) is 0. The zero-order valence-electron chi connectivity index (χ0n) is 16.3. The van der Waals surface area contributed by atoms with Gasteiger partial charge < -0.3 is 0 Å². The standard InChI is InChI=1S/C28H23Cl/c29-20-21-15-17-22(18-16-21)26-19-28(23-9-3-1-4-10-23,24-11-5-2-6-12-24)27-14-8-7-13-25(26)27/h1-18,26H,19-20H2. The molecule has 0 saturated heterocycles. The second-order valence-corrected chi connectivity index (χ2v) is 8.12. The van der Waals surface area contributed by atoms with Crippen molar-refractivity contribution in [3.63, 3.8) is 0 Å². The van der Waals surface area contributed by atoms with Crippen LogP contribution in [-0.4, -0.2) is 0 Å². The molecule has 0 fully saturated rings. The Morgan fingerprint density at radius 3 is 1.79 bits per heavy atom. The van der Waals surface area contributed by atoms with Crippen LogP contribution in [0.2, 0.25) is 0 Å². The van der Waals surface area contributed by atoms with Crippen molar-refractivity contribution in [3.05, 3.63) is 143 Å². The van der Waals surface area contributed by atoms with Crippen LogP contribution < -0.4 is 0 Å². The zero-order valence-corrected chi connectivity index (χ0v) is 17.0. The fourth-order valence-corrected chi connectivity index (χ4v) is 5.19. The largest absolute Gasteiger partial charge is 0.122 e. The molecule has 0 saturated carbocycles. The van der Waals surface area contributed by atoms with Crippen LogP contribution in [0.5, 0.6) is 0 Å². The molecule has 0 radical (unpaired) electrons. The van der Waals surface area contributed by atoms with E-state index >= 15 is 0 Å². The Kier molecular flexibility index (Phi) is 4.73. The predicted molar refractivity (Wildman–Crippen MR) is 122 cm³/mol. The Bertz CT molecular complexity index is 1060. The second kappa shape index (κ2) is 7.54. The minimum atomic E-state index is -0.144. The third-order valence-electron chi connectivity index (χ3n) is 6.38. The molecule has 0 nitrogen and oxygen atoms in total. The van der Waals surface area contributed by atoms with Crippen LogP contribution in [0.1, 0.15) is 45.7 Å². The Morgan fingerprint density at radius 2 is 1.21 bits per heavy atom. The Labute approximate surface area is 177 Å². The van der Waals surface area contributed by atoms with Crippen molar-refractivity contribution < 1.29 is 0 Å². The highest BCUT2D eigenvalue weighted by Crippen LogP contribution is 2.55. The summed E-state index contributed by atoms with van der Waals surface area (Å²) in [4.78, 5) is 0. The van der Waals surface area contributed by atoms with Gasteiger partial charge in [0.2, 0.25) is 0 Å². The second-order valence-electron chi connectivity index (χ2n) is 7.86. The number of halogens is 1. The van der Waals surface area contributed by atoms with Crippen LogP contribution in [0, 0.1) is 0 Å². The summed E-state index contributed by atoms with van der Waals surface area (Å²) in [5.74, 6) is 0.912. The molecule has 5 rings (SSSR count). The summed E-state index contributed by atoms with van der Waals surface area (Å²) >= 11 is 6.03. The zero-order chi connectivity index (χ0) is 19.7. The molecule has 4 aromatic carbocycles. The number of hydrogen-bond acceptors (Lipinski definition) is 0. The van der Waals surface area contributed by atoms with Gasteiger partial charge in [-0.2, -0.15) is 0 Å². The van der Waals surface area contributed by atoms with Crippen molar-refractivity contribution in [2.75, 3.05) is 0 Å². The van der Waals surface area contributed by atoms with E-state index in [1.165, 1.54) is 33.4 Å². The molecule has 1 heteroatoms. The summed E-state index contributed by atoms with van der Waals surface area (Å²) in [5, 5.41) is 0. The molecule has 0 N–H and O–H groups in total. The van der Waals surface area contributed by atoms with Gasteiger partial charge in [-0.25, -0.2) is 0 Å². The Balaban J connectivity index is 1.74. The van der Waals surface area contributed by atoms with Crippen LogP contribution in [0.25, 0.3) is 0 Å². The number of fused-ring (bicyclic) bond motifs is 1. The molecule has 1 aliphatic carbocycles. The van der Waals surface area contributed by atoms with E-state index in [0.29, 0.717) is 11.8 Å². The molecule has 0 aliphatic heterocycles. The number of benzene rings is 4. The molecule has 0 bridgehead atoms. The fourth-order valence-electron chi connectivity index (χ4n) is 5.01. The molecular formula is C28H23Cl. The Morgan fingerprint density at radius 1 is 0.655 bits per heavy atom. The summed E-state index contributed by atoms with van der Waals surface area (Å²) < 4.78 is 0. The van der Waals surface area contributed by atoms with Gasteiger partial charge in [0.1, 0.15) is 0 Å². The highest BCUT2D eigenvalue weighted by Gasteiger charge is 2.46. The maximum Gasteiger partial charge on any atom is 0.0474 e. The van der Waals surface area contributed by atoms with Crippen LogP contribution in [0.3, 0.4) is 0 Å². The maximum absolute atomic E-state index is 6.03. The molecule has 29 heavy (non-hydrogen) atoms. The van der Waals surface area contributed by atoms with Gasteiger partial charge in [0, 0.05) is 17.2 Å². The van der Waals surface area contributed by atoms with Crippen molar-refractivity contribution in [2.24, 2.45) is 0 Å². The smallest absolute Gasteiger partial charge is 0.0474 e. The molecule has 1 unspecified atom stereocenters. The first-order valence-electron chi connectivity index (χ1n) is 10.2. The van der Waals surface area contributed by atoms with Crippen molar-refractivity contribution in [1.29, 1.82) is 0 Å². The van der Waals surface area contributed by atoms with E-state index in [9.17, 15) is 0 Å². The topological polar surface area (TPSA) is 0 Å². The van der Waals surface area contributed by atoms with E-state index < -0.39 is 0 Å². The molecule has 0 aromatic heterocycles. The highest BCUT2D eigenvalue weighted by molar-refractivity contribution is 6.17.